The Hall–Kier alpha value is -1.06. The molecule has 1 aromatic carbocycles. The summed E-state index contributed by atoms with van der Waals surface area (Å²) in [6.45, 7) is 3.00. The van der Waals surface area contributed by atoms with Crippen molar-refractivity contribution in [1.29, 1.82) is 0 Å². The molecule has 1 aromatic rings. The third-order valence-corrected chi connectivity index (χ3v) is 4.28. The van der Waals surface area contributed by atoms with Crippen LogP contribution in [0.15, 0.2) is 24.3 Å². The molecule has 3 heteroatoms. The van der Waals surface area contributed by atoms with Crippen LogP contribution in [-0.4, -0.2) is 19.7 Å². The smallest absolute Gasteiger partial charge is 0.123 e. The second-order valence-corrected chi connectivity index (χ2v) is 5.52. The van der Waals surface area contributed by atoms with Crippen molar-refractivity contribution in [1.82, 2.24) is 5.32 Å². The summed E-state index contributed by atoms with van der Waals surface area (Å²) in [4.78, 5) is 0. The molecule has 0 aliphatic heterocycles. The summed E-state index contributed by atoms with van der Waals surface area (Å²) >= 11 is 0. The van der Waals surface area contributed by atoms with Crippen LogP contribution >= 0.6 is 0 Å². The van der Waals surface area contributed by atoms with Crippen molar-refractivity contribution in [2.24, 2.45) is 11.7 Å². The molecule has 0 aromatic heterocycles. The fourth-order valence-electron chi connectivity index (χ4n) is 3.14. The van der Waals surface area contributed by atoms with Gasteiger partial charge in [-0.3, -0.25) is 0 Å². The molecule has 3 atom stereocenters. The van der Waals surface area contributed by atoms with E-state index in [0.29, 0.717) is 18.0 Å². The van der Waals surface area contributed by atoms with Crippen molar-refractivity contribution in [3.8, 4) is 5.75 Å². The van der Waals surface area contributed by atoms with Crippen LogP contribution in [0.2, 0.25) is 0 Å². The molecular weight excluding hydrogens is 236 g/mol. The van der Waals surface area contributed by atoms with Gasteiger partial charge in [-0.1, -0.05) is 31.0 Å². The summed E-state index contributed by atoms with van der Waals surface area (Å²) in [6, 6.07) is 9.08. The van der Waals surface area contributed by atoms with Crippen molar-refractivity contribution in [2.45, 2.75) is 44.7 Å². The number of hydrogen-bond donors (Lipinski definition) is 2. The number of nitrogens with two attached hydrogens (primary N) is 1. The van der Waals surface area contributed by atoms with Gasteiger partial charge in [0.1, 0.15) is 5.75 Å². The Morgan fingerprint density at radius 2 is 2.05 bits per heavy atom. The molecule has 0 amide bonds. The molecule has 0 heterocycles. The summed E-state index contributed by atoms with van der Waals surface area (Å²) in [7, 11) is 1.73. The molecule has 1 saturated carbocycles. The Balaban J connectivity index is 2.05. The molecule has 2 unspecified atom stereocenters. The predicted molar refractivity (Wildman–Crippen MR) is 79.3 cm³/mol. The molecule has 1 fully saturated rings. The van der Waals surface area contributed by atoms with E-state index >= 15 is 0 Å². The standard InChI is InChI=1S/C16H26N2O/c1-12(14-8-4-6-10-16(14)19-2)18-15-9-5-3-7-13(15)11-17/h4,6,8,10,12-13,15,18H,3,5,7,9,11,17H2,1-2H3/t12-,13?,15?/m0/s1. The second-order valence-electron chi connectivity index (χ2n) is 5.52. The largest absolute Gasteiger partial charge is 0.496 e. The number of para-hydroxylation sites is 1. The summed E-state index contributed by atoms with van der Waals surface area (Å²) in [5, 5.41) is 3.75. The van der Waals surface area contributed by atoms with E-state index in [2.05, 4.69) is 24.4 Å². The van der Waals surface area contributed by atoms with Crippen LogP contribution in [0.3, 0.4) is 0 Å². The number of hydrogen-bond acceptors (Lipinski definition) is 3. The molecule has 0 bridgehead atoms. The number of nitrogens with one attached hydrogen (secondary N) is 1. The topological polar surface area (TPSA) is 47.3 Å². The Morgan fingerprint density at radius 3 is 2.79 bits per heavy atom. The molecule has 1 aliphatic carbocycles. The Labute approximate surface area is 116 Å². The van der Waals surface area contributed by atoms with Gasteiger partial charge >= 0.3 is 0 Å². The highest BCUT2D eigenvalue weighted by Gasteiger charge is 2.25. The molecule has 0 saturated heterocycles. The summed E-state index contributed by atoms with van der Waals surface area (Å²) in [5.41, 5.74) is 7.13. The van der Waals surface area contributed by atoms with E-state index in [1.807, 2.05) is 12.1 Å². The Kier molecular flexibility index (Phi) is 5.23. The normalized spacial score (nSPS) is 25.0. The maximum atomic E-state index is 5.90. The lowest BCUT2D eigenvalue weighted by Gasteiger charge is -2.34. The van der Waals surface area contributed by atoms with Gasteiger partial charge in [0.15, 0.2) is 0 Å². The molecular formula is C16H26N2O. The van der Waals surface area contributed by atoms with Crippen molar-refractivity contribution < 1.29 is 4.74 Å². The quantitative estimate of drug-likeness (QED) is 0.858. The Bertz CT molecular complexity index is 394. The first kappa shape index (κ1) is 14.4. The first-order chi connectivity index (χ1) is 9.26. The van der Waals surface area contributed by atoms with Gasteiger partial charge in [0.05, 0.1) is 7.11 Å². The van der Waals surface area contributed by atoms with Gasteiger partial charge in [0.2, 0.25) is 0 Å². The molecule has 3 N–H and O–H groups in total. The lowest BCUT2D eigenvalue weighted by atomic mass is 9.84. The second kappa shape index (κ2) is 6.92. The number of ether oxygens (including phenoxy) is 1. The Morgan fingerprint density at radius 1 is 1.32 bits per heavy atom. The zero-order chi connectivity index (χ0) is 13.7. The number of methoxy groups -OCH3 is 1. The maximum Gasteiger partial charge on any atom is 0.123 e. The minimum absolute atomic E-state index is 0.299. The van der Waals surface area contributed by atoms with E-state index in [1.54, 1.807) is 7.11 Å². The first-order valence-corrected chi connectivity index (χ1v) is 7.35. The van der Waals surface area contributed by atoms with Crippen LogP contribution in [0.1, 0.15) is 44.2 Å². The van der Waals surface area contributed by atoms with Gasteiger partial charge in [-0.25, -0.2) is 0 Å². The van der Waals surface area contributed by atoms with Crippen LogP contribution in [0.5, 0.6) is 5.75 Å². The van der Waals surface area contributed by atoms with E-state index in [4.69, 9.17) is 10.5 Å². The highest BCUT2D eigenvalue weighted by molar-refractivity contribution is 5.35. The third kappa shape index (κ3) is 3.48. The fourth-order valence-corrected chi connectivity index (χ4v) is 3.14. The fraction of sp³-hybridized carbons (Fsp3) is 0.625. The molecule has 3 nitrogen and oxygen atoms in total. The zero-order valence-corrected chi connectivity index (χ0v) is 12.1. The van der Waals surface area contributed by atoms with Crippen LogP contribution in [0, 0.1) is 5.92 Å². The van der Waals surface area contributed by atoms with Gasteiger partial charge in [-0.15, -0.1) is 0 Å². The molecule has 1 aliphatic rings. The molecule has 2 rings (SSSR count). The number of benzene rings is 1. The summed E-state index contributed by atoms with van der Waals surface area (Å²) in [6.07, 6.45) is 5.13. The van der Waals surface area contributed by atoms with Crippen molar-refractivity contribution in [2.75, 3.05) is 13.7 Å². The SMILES string of the molecule is COc1ccccc1[C@H](C)NC1CCCCC1CN. The average molecular weight is 262 g/mol. The van der Waals surface area contributed by atoms with Gasteiger partial charge in [-0.2, -0.15) is 0 Å². The lowest BCUT2D eigenvalue weighted by molar-refractivity contribution is 0.250. The van der Waals surface area contributed by atoms with Crippen molar-refractivity contribution in [3.05, 3.63) is 29.8 Å². The highest BCUT2D eigenvalue weighted by Crippen LogP contribution is 2.29. The molecule has 0 radical (unpaired) electrons. The van der Waals surface area contributed by atoms with Crippen LogP contribution in [0.25, 0.3) is 0 Å². The zero-order valence-electron chi connectivity index (χ0n) is 12.1. The van der Waals surface area contributed by atoms with E-state index in [1.165, 1.54) is 31.2 Å². The highest BCUT2D eigenvalue weighted by atomic mass is 16.5. The first-order valence-electron chi connectivity index (χ1n) is 7.35. The predicted octanol–water partition coefficient (Wildman–Crippen LogP) is 2.86. The maximum absolute atomic E-state index is 5.90. The molecule has 106 valence electrons. The third-order valence-electron chi connectivity index (χ3n) is 4.28. The van der Waals surface area contributed by atoms with Crippen LogP contribution in [-0.2, 0) is 0 Å². The van der Waals surface area contributed by atoms with E-state index < -0.39 is 0 Å². The molecule has 0 spiro atoms. The minimum Gasteiger partial charge on any atom is -0.496 e. The van der Waals surface area contributed by atoms with Crippen molar-refractivity contribution >= 4 is 0 Å². The van der Waals surface area contributed by atoms with E-state index in [-0.39, 0.29) is 0 Å². The lowest BCUT2D eigenvalue weighted by Crippen LogP contribution is -2.42. The van der Waals surface area contributed by atoms with Gasteiger partial charge in [-0.05, 0) is 38.3 Å². The van der Waals surface area contributed by atoms with E-state index in [9.17, 15) is 0 Å². The van der Waals surface area contributed by atoms with Gasteiger partial charge in [0, 0.05) is 17.6 Å². The van der Waals surface area contributed by atoms with Crippen LogP contribution < -0.4 is 15.8 Å². The van der Waals surface area contributed by atoms with Crippen LogP contribution in [0.4, 0.5) is 0 Å². The summed E-state index contributed by atoms with van der Waals surface area (Å²) in [5.74, 6) is 1.58. The van der Waals surface area contributed by atoms with Gasteiger partial charge < -0.3 is 15.8 Å². The minimum atomic E-state index is 0.299. The molecule has 19 heavy (non-hydrogen) atoms. The summed E-state index contributed by atoms with van der Waals surface area (Å²) < 4.78 is 5.44. The number of rotatable bonds is 5. The van der Waals surface area contributed by atoms with Gasteiger partial charge in [0.25, 0.3) is 0 Å². The monoisotopic (exact) mass is 262 g/mol. The van der Waals surface area contributed by atoms with Crippen molar-refractivity contribution in [3.63, 3.8) is 0 Å². The van der Waals surface area contributed by atoms with E-state index in [0.717, 1.165) is 12.3 Å². The average Bonchev–Trinajstić information content (AvgIpc) is 2.47.